The lowest BCUT2D eigenvalue weighted by Crippen LogP contribution is -2.71. The van der Waals surface area contributed by atoms with Crippen molar-refractivity contribution >= 4 is 57.7 Å². The average molecular weight is 754 g/mol. The molecular formula is C39H39N5O7S2. The summed E-state index contributed by atoms with van der Waals surface area (Å²) >= 11 is 2.62. The van der Waals surface area contributed by atoms with Crippen molar-refractivity contribution in [1.82, 2.24) is 15.2 Å². The summed E-state index contributed by atoms with van der Waals surface area (Å²) in [6.07, 6.45) is 0. The van der Waals surface area contributed by atoms with Crippen LogP contribution in [-0.2, 0) is 39.0 Å². The molecule has 2 aliphatic heterocycles. The molecule has 0 unspecified atom stereocenters. The van der Waals surface area contributed by atoms with E-state index in [1.807, 2.05) is 54.6 Å². The van der Waals surface area contributed by atoms with E-state index in [-0.39, 0.29) is 29.5 Å². The summed E-state index contributed by atoms with van der Waals surface area (Å²) in [4.78, 5) is 63.5. The lowest BCUT2D eigenvalue weighted by Gasteiger charge is -2.49. The van der Waals surface area contributed by atoms with Gasteiger partial charge in [-0.25, -0.2) is 9.78 Å². The minimum atomic E-state index is -0.986. The number of benzene rings is 3. The third kappa shape index (κ3) is 7.83. The molecule has 53 heavy (non-hydrogen) atoms. The number of ether oxygens (including phenoxy) is 2. The summed E-state index contributed by atoms with van der Waals surface area (Å²) in [6, 6.07) is 29.1. The van der Waals surface area contributed by atoms with E-state index in [0.29, 0.717) is 10.7 Å². The van der Waals surface area contributed by atoms with E-state index < -0.39 is 46.3 Å². The Balaban J connectivity index is 1.27. The number of hydrogen-bond donors (Lipinski definition) is 2. The molecule has 0 bridgehead atoms. The van der Waals surface area contributed by atoms with E-state index in [0.717, 1.165) is 16.7 Å². The van der Waals surface area contributed by atoms with Crippen LogP contribution in [0.15, 0.2) is 113 Å². The molecule has 14 heteroatoms. The number of oxime groups is 1. The lowest BCUT2D eigenvalue weighted by molar-refractivity contribution is -0.159. The second kappa shape index (κ2) is 15.6. The Morgan fingerprint density at radius 1 is 0.925 bits per heavy atom. The van der Waals surface area contributed by atoms with Gasteiger partial charge in [-0.3, -0.25) is 19.3 Å². The third-order valence-corrected chi connectivity index (χ3v) is 10.5. The fraction of sp³-hybridized carbons (Fsp3) is 0.282. The van der Waals surface area contributed by atoms with Crippen molar-refractivity contribution in [2.75, 3.05) is 24.8 Å². The molecule has 6 rings (SSSR count). The number of thiazole rings is 1. The molecule has 3 heterocycles. The number of carbonyl (C=O) groups excluding carboxylic acids is 4. The molecule has 2 amide bonds. The molecule has 2 N–H and O–H groups in total. The van der Waals surface area contributed by atoms with Crippen molar-refractivity contribution in [1.29, 1.82) is 0 Å². The maximum atomic E-state index is 13.8. The van der Waals surface area contributed by atoms with Gasteiger partial charge >= 0.3 is 11.9 Å². The number of carbonyl (C=O) groups is 4. The van der Waals surface area contributed by atoms with Gasteiger partial charge in [0, 0.05) is 23.6 Å². The van der Waals surface area contributed by atoms with Gasteiger partial charge in [-0.05, 0) is 37.5 Å². The van der Waals surface area contributed by atoms with Crippen LogP contribution in [0.4, 0.5) is 5.13 Å². The molecule has 274 valence electrons. The number of amides is 2. The van der Waals surface area contributed by atoms with Crippen LogP contribution >= 0.6 is 23.1 Å². The van der Waals surface area contributed by atoms with Gasteiger partial charge in [0.15, 0.2) is 10.8 Å². The van der Waals surface area contributed by atoms with Crippen LogP contribution in [0.1, 0.15) is 50.1 Å². The minimum Gasteiger partial charge on any atom is -0.461 e. The van der Waals surface area contributed by atoms with E-state index in [1.54, 1.807) is 26.2 Å². The van der Waals surface area contributed by atoms with Crippen LogP contribution in [-0.4, -0.2) is 75.8 Å². The first-order valence-electron chi connectivity index (χ1n) is 16.8. The highest BCUT2D eigenvalue weighted by molar-refractivity contribution is 8.00. The minimum absolute atomic E-state index is 0.0140. The monoisotopic (exact) mass is 753 g/mol. The summed E-state index contributed by atoms with van der Waals surface area (Å²) in [6.45, 7) is 6.24. The van der Waals surface area contributed by atoms with Gasteiger partial charge in [-0.15, -0.1) is 23.1 Å². The van der Waals surface area contributed by atoms with Crippen LogP contribution in [0.5, 0.6) is 0 Å². The average Bonchev–Trinajstić information content (AvgIpc) is 3.61. The zero-order valence-corrected chi connectivity index (χ0v) is 31.5. The zero-order chi connectivity index (χ0) is 37.8. The van der Waals surface area contributed by atoms with Gasteiger partial charge in [-0.2, -0.15) is 0 Å². The van der Waals surface area contributed by atoms with Crippen molar-refractivity contribution in [2.45, 2.75) is 50.3 Å². The predicted molar refractivity (Wildman–Crippen MR) is 203 cm³/mol. The molecule has 1 saturated heterocycles. The number of β-lactam (4-membered cyclic amide) rings is 1. The third-order valence-electron chi connectivity index (χ3n) is 8.44. The van der Waals surface area contributed by atoms with Crippen LogP contribution < -0.4 is 10.6 Å². The second-order valence-electron chi connectivity index (χ2n) is 13.2. The molecule has 0 aliphatic carbocycles. The van der Waals surface area contributed by atoms with Crippen molar-refractivity contribution in [3.8, 4) is 0 Å². The van der Waals surface area contributed by atoms with E-state index >= 15 is 0 Å². The molecule has 0 saturated carbocycles. The van der Waals surface area contributed by atoms with Crippen molar-refractivity contribution < 1.29 is 33.5 Å². The lowest BCUT2D eigenvalue weighted by atomic mass is 9.77. The molecule has 0 radical (unpaired) electrons. The molecular weight excluding hydrogens is 715 g/mol. The van der Waals surface area contributed by atoms with Crippen LogP contribution in [0.2, 0.25) is 0 Å². The first-order chi connectivity index (χ1) is 25.4. The molecule has 2 atom stereocenters. The molecule has 4 aromatic rings. The number of thioether (sulfide) groups is 1. The number of fused-ring (bicyclic) bond motifs is 1. The van der Waals surface area contributed by atoms with E-state index in [1.165, 1.54) is 42.0 Å². The maximum absolute atomic E-state index is 13.8. The Labute approximate surface area is 315 Å². The summed E-state index contributed by atoms with van der Waals surface area (Å²) in [5, 5.41) is 12.1. The Morgan fingerprint density at radius 3 is 2.00 bits per heavy atom. The summed E-state index contributed by atoms with van der Waals surface area (Å²) in [5.74, 6) is -2.17. The quantitative estimate of drug-likeness (QED) is 0.0629. The number of rotatable bonds is 12. The zero-order valence-electron chi connectivity index (χ0n) is 29.8. The van der Waals surface area contributed by atoms with Crippen molar-refractivity contribution in [3.63, 3.8) is 0 Å². The van der Waals surface area contributed by atoms with Crippen molar-refractivity contribution in [3.05, 3.63) is 130 Å². The molecule has 3 aromatic carbocycles. The molecule has 12 nitrogen and oxygen atoms in total. The Kier molecular flexibility index (Phi) is 11.0. The molecule has 0 spiro atoms. The topological polar surface area (TPSA) is 149 Å². The number of nitrogens with zero attached hydrogens (tertiary/aromatic N) is 3. The fourth-order valence-corrected chi connectivity index (χ4v) is 8.26. The maximum Gasteiger partial charge on any atom is 0.355 e. The number of anilines is 1. The SMILES string of the molecule is CON=C(C(=O)N[C@@H]1C(=O)N2C(C(=O)OC(C)(C)C)=C(COC(C)=O)CS[C@H]12)c1csc(NC(c2ccccc2)(c2ccccc2)c2ccccc2)n1. The number of aromatic nitrogens is 1. The number of hydrogen-bond acceptors (Lipinski definition) is 12. The summed E-state index contributed by atoms with van der Waals surface area (Å²) in [7, 11) is 1.32. The van der Waals surface area contributed by atoms with Gasteiger partial charge in [0.25, 0.3) is 11.8 Å². The van der Waals surface area contributed by atoms with E-state index in [4.69, 9.17) is 19.3 Å². The largest absolute Gasteiger partial charge is 0.461 e. The number of nitrogens with one attached hydrogen (secondary N) is 2. The summed E-state index contributed by atoms with van der Waals surface area (Å²) < 4.78 is 10.8. The van der Waals surface area contributed by atoms with Gasteiger partial charge in [0.2, 0.25) is 0 Å². The van der Waals surface area contributed by atoms with Crippen LogP contribution in [0.25, 0.3) is 0 Å². The van der Waals surface area contributed by atoms with Gasteiger partial charge in [0.1, 0.15) is 47.7 Å². The van der Waals surface area contributed by atoms with Gasteiger partial charge in [-0.1, -0.05) is 96.2 Å². The highest BCUT2D eigenvalue weighted by Crippen LogP contribution is 2.42. The standard InChI is InChI=1S/C39H39N5O7S2/c1-24(45)50-21-25-22-52-35-31(34(47)44(35)32(25)36(48)51-38(2,3)4)41-33(46)30(43-49-5)29-23-53-37(40-29)42-39(26-15-9-6-10-16-26,27-17-11-7-12-18-27)28-19-13-8-14-20-28/h6-20,23,31,35H,21-22H2,1-5H3,(H,40,42)(H,41,46)/t31-,35-/m1/s1. The Morgan fingerprint density at radius 2 is 1.49 bits per heavy atom. The highest BCUT2D eigenvalue weighted by Gasteiger charge is 2.55. The normalized spacial score (nSPS) is 17.3. The smallest absolute Gasteiger partial charge is 0.355 e. The first-order valence-corrected chi connectivity index (χ1v) is 18.7. The fourth-order valence-electron chi connectivity index (χ4n) is 6.18. The summed E-state index contributed by atoms with van der Waals surface area (Å²) in [5.41, 5.74) is 1.80. The molecule has 1 aromatic heterocycles. The van der Waals surface area contributed by atoms with Crippen LogP contribution in [0.3, 0.4) is 0 Å². The Bertz CT molecular complexity index is 1950. The predicted octanol–water partition coefficient (Wildman–Crippen LogP) is 5.46. The van der Waals surface area contributed by atoms with Gasteiger partial charge in [0.05, 0.1) is 0 Å². The number of esters is 2. The van der Waals surface area contributed by atoms with Crippen LogP contribution in [0, 0.1) is 0 Å². The van der Waals surface area contributed by atoms with E-state index in [2.05, 4.69) is 52.2 Å². The highest BCUT2D eigenvalue weighted by atomic mass is 32.2. The Hall–Kier alpha value is -5.47. The van der Waals surface area contributed by atoms with E-state index in [9.17, 15) is 19.2 Å². The van der Waals surface area contributed by atoms with Crippen molar-refractivity contribution in [2.24, 2.45) is 5.16 Å². The van der Waals surface area contributed by atoms with Gasteiger partial charge < -0.3 is 24.9 Å². The second-order valence-corrected chi connectivity index (χ2v) is 15.2. The first kappa shape index (κ1) is 37.3. The molecule has 2 aliphatic rings. The molecule has 1 fully saturated rings.